The van der Waals surface area contributed by atoms with Gasteiger partial charge >= 0.3 is 0 Å². The van der Waals surface area contributed by atoms with E-state index in [4.69, 9.17) is 0 Å². The van der Waals surface area contributed by atoms with Gasteiger partial charge in [0, 0.05) is 20.5 Å². The molecule has 0 heterocycles. The van der Waals surface area contributed by atoms with E-state index in [2.05, 4.69) is 0 Å². The molecule has 10 heavy (non-hydrogen) atoms. The summed E-state index contributed by atoms with van der Waals surface area (Å²) < 4.78 is 0. The van der Waals surface area contributed by atoms with Crippen molar-refractivity contribution in [3.05, 3.63) is 0 Å². The minimum atomic E-state index is 0.181. The lowest BCUT2D eigenvalue weighted by atomic mass is 10.3. The number of amides is 1. The van der Waals surface area contributed by atoms with Crippen molar-refractivity contribution in [3.63, 3.8) is 0 Å². The van der Waals surface area contributed by atoms with Crippen LogP contribution in [-0.2, 0) is 4.79 Å². The Morgan fingerprint density at radius 3 is 2.60 bits per heavy atom. The summed E-state index contributed by atoms with van der Waals surface area (Å²) in [5.74, 6) is 1.11. The third-order valence-electron chi connectivity index (χ3n) is 2.11. The molecule has 58 valence electrons. The molecule has 1 aliphatic rings. The van der Waals surface area contributed by atoms with E-state index >= 15 is 0 Å². The Morgan fingerprint density at radius 2 is 2.20 bits per heavy atom. The van der Waals surface area contributed by atoms with Crippen LogP contribution in [-0.4, -0.2) is 24.4 Å². The molecule has 2 nitrogen and oxygen atoms in total. The molecular weight excluding hydrogens is 126 g/mol. The molecule has 2 heteroatoms. The highest BCUT2D eigenvalue weighted by Crippen LogP contribution is 2.32. The third kappa shape index (κ3) is 2.38. The van der Waals surface area contributed by atoms with Gasteiger partial charge in [0.25, 0.3) is 0 Å². The summed E-state index contributed by atoms with van der Waals surface area (Å²) in [4.78, 5) is 12.5. The van der Waals surface area contributed by atoms with E-state index in [0.29, 0.717) is 0 Å². The van der Waals surface area contributed by atoms with Crippen LogP contribution in [0.25, 0.3) is 0 Å². The summed E-state index contributed by atoms with van der Waals surface area (Å²) in [6.45, 7) is 2.56. The molecule has 0 unspecified atom stereocenters. The summed E-state index contributed by atoms with van der Waals surface area (Å²) in [5.41, 5.74) is 0. The first-order valence-corrected chi connectivity index (χ1v) is 3.92. The predicted molar refractivity (Wildman–Crippen MR) is 40.7 cm³/mol. The Bertz CT molecular complexity index is 129. The highest BCUT2D eigenvalue weighted by molar-refractivity contribution is 5.72. The summed E-state index contributed by atoms with van der Waals surface area (Å²) >= 11 is 0. The van der Waals surface area contributed by atoms with Gasteiger partial charge in [-0.3, -0.25) is 4.79 Å². The Hall–Kier alpha value is -0.530. The molecule has 1 fully saturated rings. The number of hydrogen-bond acceptors (Lipinski definition) is 1. The normalized spacial score (nSPS) is 17.0. The second kappa shape index (κ2) is 3.04. The number of rotatable bonds is 3. The van der Waals surface area contributed by atoms with Crippen LogP contribution >= 0.6 is 0 Å². The smallest absolute Gasteiger partial charge is 0.219 e. The third-order valence-corrected chi connectivity index (χ3v) is 2.11. The van der Waals surface area contributed by atoms with E-state index < -0.39 is 0 Å². The van der Waals surface area contributed by atoms with E-state index in [0.717, 1.165) is 12.5 Å². The average Bonchev–Trinajstić information content (AvgIpc) is 2.64. The summed E-state index contributed by atoms with van der Waals surface area (Å²) in [6, 6.07) is 0. The lowest BCUT2D eigenvalue weighted by molar-refractivity contribution is -0.127. The molecule has 0 aliphatic heterocycles. The molecule has 0 aromatic carbocycles. The Balaban J connectivity index is 2.05. The predicted octanol–water partition coefficient (Wildman–Crippen LogP) is 1.26. The zero-order chi connectivity index (χ0) is 7.56. The molecule has 0 aromatic rings. The van der Waals surface area contributed by atoms with Gasteiger partial charge in [0.05, 0.1) is 0 Å². The van der Waals surface area contributed by atoms with Gasteiger partial charge in [-0.2, -0.15) is 0 Å². The van der Waals surface area contributed by atoms with E-state index in [1.54, 1.807) is 11.8 Å². The van der Waals surface area contributed by atoms with Gasteiger partial charge in [0.15, 0.2) is 0 Å². The second-order valence-corrected chi connectivity index (χ2v) is 3.17. The molecule has 0 bridgehead atoms. The molecule has 0 spiro atoms. The molecule has 0 atom stereocenters. The van der Waals surface area contributed by atoms with Crippen molar-refractivity contribution in [1.82, 2.24) is 4.90 Å². The molecule has 1 saturated carbocycles. The van der Waals surface area contributed by atoms with Gasteiger partial charge in [-0.25, -0.2) is 0 Å². The van der Waals surface area contributed by atoms with E-state index in [9.17, 15) is 4.79 Å². The first kappa shape index (κ1) is 7.58. The summed E-state index contributed by atoms with van der Waals surface area (Å²) in [7, 11) is 1.87. The van der Waals surface area contributed by atoms with Crippen molar-refractivity contribution < 1.29 is 4.79 Å². The van der Waals surface area contributed by atoms with Crippen LogP contribution in [0.5, 0.6) is 0 Å². The molecule has 1 amide bonds. The van der Waals surface area contributed by atoms with Crippen LogP contribution in [0, 0.1) is 5.92 Å². The summed E-state index contributed by atoms with van der Waals surface area (Å²) in [6.07, 6.45) is 3.97. The first-order valence-electron chi connectivity index (χ1n) is 3.92. The summed E-state index contributed by atoms with van der Waals surface area (Å²) in [5, 5.41) is 0. The highest BCUT2D eigenvalue weighted by atomic mass is 16.2. The SMILES string of the molecule is CC(=O)N(C)CCC1CC1. The molecule has 1 rings (SSSR count). The fourth-order valence-electron chi connectivity index (χ4n) is 0.940. The van der Waals surface area contributed by atoms with Gasteiger partial charge < -0.3 is 4.90 Å². The van der Waals surface area contributed by atoms with Crippen LogP contribution in [0.4, 0.5) is 0 Å². The Morgan fingerprint density at radius 1 is 1.60 bits per heavy atom. The highest BCUT2D eigenvalue weighted by Gasteiger charge is 2.21. The maximum Gasteiger partial charge on any atom is 0.219 e. The van der Waals surface area contributed by atoms with Crippen molar-refractivity contribution in [2.24, 2.45) is 5.92 Å². The van der Waals surface area contributed by atoms with Crippen LogP contribution in [0.2, 0.25) is 0 Å². The number of hydrogen-bond donors (Lipinski definition) is 0. The molecule has 0 radical (unpaired) electrons. The Labute approximate surface area is 62.2 Å². The standard InChI is InChI=1S/C8H15NO/c1-7(10)9(2)6-5-8-3-4-8/h8H,3-6H2,1-2H3. The van der Waals surface area contributed by atoms with Crippen molar-refractivity contribution in [2.45, 2.75) is 26.2 Å². The maximum atomic E-state index is 10.7. The van der Waals surface area contributed by atoms with Crippen LogP contribution in [0.15, 0.2) is 0 Å². The molecule has 1 aliphatic carbocycles. The van der Waals surface area contributed by atoms with Crippen LogP contribution in [0.3, 0.4) is 0 Å². The largest absolute Gasteiger partial charge is 0.346 e. The lowest BCUT2D eigenvalue weighted by Crippen LogP contribution is -2.24. The van der Waals surface area contributed by atoms with E-state index in [1.807, 2.05) is 7.05 Å². The van der Waals surface area contributed by atoms with Crippen molar-refractivity contribution in [2.75, 3.05) is 13.6 Å². The minimum Gasteiger partial charge on any atom is -0.346 e. The van der Waals surface area contributed by atoms with Crippen molar-refractivity contribution in [3.8, 4) is 0 Å². The number of carbonyl (C=O) groups is 1. The van der Waals surface area contributed by atoms with Crippen molar-refractivity contribution >= 4 is 5.91 Å². The zero-order valence-electron chi connectivity index (χ0n) is 6.76. The van der Waals surface area contributed by atoms with Gasteiger partial charge in [0.1, 0.15) is 0 Å². The van der Waals surface area contributed by atoms with Crippen molar-refractivity contribution in [1.29, 1.82) is 0 Å². The Kier molecular flexibility index (Phi) is 2.30. The molecule has 0 aromatic heterocycles. The van der Waals surface area contributed by atoms with E-state index in [1.165, 1.54) is 19.3 Å². The van der Waals surface area contributed by atoms with Crippen LogP contribution < -0.4 is 0 Å². The molecular formula is C8H15NO. The minimum absolute atomic E-state index is 0.181. The lowest BCUT2D eigenvalue weighted by Gasteiger charge is -2.13. The first-order chi connectivity index (χ1) is 4.70. The number of nitrogens with zero attached hydrogens (tertiary/aromatic N) is 1. The average molecular weight is 141 g/mol. The van der Waals surface area contributed by atoms with Crippen LogP contribution in [0.1, 0.15) is 26.2 Å². The number of carbonyl (C=O) groups excluding carboxylic acids is 1. The van der Waals surface area contributed by atoms with Gasteiger partial charge in [-0.15, -0.1) is 0 Å². The fraction of sp³-hybridized carbons (Fsp3) is 0.875. The topological polar surface area (TPSA) is 20.3 Å². The van der Waals surface area contributed by atoms with E-state index in [-0.39, 0.29) is 5.91 Å². The van der Waals surface area contributed by atoms with Gasteiger partial charge in [0.2, 0.25) is 5.91 Å². The maximum absolute atomic E-state index is 10.7. The van der Waals surface area contributed by atoms with Gasteiger partial charge in [-0.05, 0) is 12.3 Å². The fourth-order valence-corrected chi connectivity index (χ4v) is 0.940. The molecule has 0 N–H and O–H groups in total. The molecule has 0 saturated heterocycles. The quantitative estimate of drug-likeness (QED) is 0.579. The zero-order valence-corrected chi connectivity index (χ0v) is 6.76. The van der Waals surface area contributed by atoms with Gasteiger partial charge in [-0.1, -0.05) is 12.8 Å². The monoisotopic (exact) mass is 141 g/mol. The second-order valence-electron chi connectivity index (χ2n) is 3.17.